The zero-order valence-electron chi connectivity index (χ0n) is 14.1. The maximum Gasteiger partial charge on any atom is 0.269 e. The van der Waals surface area contributed by atoms with E-state index in [1.165, 1.54) is 28.6 Å². The zero-order valence-corrected chi connectivity index (χ0v) is 15.7. The maximum atomic E-state index is 12.6. The van der Waals surface area contributed by atoms with Gasteiger partial charge in [-0.05, 0) is 30.8 Å². The van der Waals surface area contributed by atoms with Gasteiger partial charge in [0.15, 0.2) is 5.11 Å². The molecule has 10 heteroatoms. The first kappa shape index (κ1) is 19.5. The van der Waals surface area contributed by atoms with Crippen LogP contribution in [-0.4, -0.2) is 60.4 Å². The molecule has 138 valence electrons. The molecule has 1 saturated heterocycles. The van der Waals surface area contributed by atoms with Crippen LogP contribution in [0.1, 0.15) is 19.8 Å². The number of benzene rings is 1. The van der Waals surface area contributed by atoms with Crippen molar-refractivity contribution in [2.75, 3.05) is 32.7 Å². The molecule has 0 amide bonds. The van der Waals surface area contributed by atoms with Crippen LogP contribution in [-0.2, 0) is 10.0 Å². The van der Waals surface area contributed by atoms with Gasteiger partial charge in [-0.25, -0.2) is 8.42 Å². The predicted octanol–water partition coefficient (Wildman–Crippen LogP) is 1.58. The molecule has 1 aromatic carbocycles. The summed E-state index contributed by atoms with van der Waals surface area (Å²) < 4.78 is 26.7. The van der Waals surface area contributed by atoms with Crippen molar-refractivity contribution in [2.24, 2.45) is 0 Å². The Morgan fingerprint density at radius 3 is 2.36 bits per heavy atom. The van der Waals surface area contributed by atoms with Crippen LogP contribution in [0.15, 0.2) is 29.2 Å². The fourth-order valence-electron chi connectivity index (χ4n) is 2.50. The molecule has 0 spiro atoms. The number of sulfonamides is 1. The number of hydrogen-bond donors (Lipinski definition) is 1. The Morgan fingerprint density at radius 2 is 1.84 bits per heavy atom. The first-order valence-electron chi connectivity index (χ1n) is 8.13. The summed E-state index contributed by atoms with van der Waals surface area (Å²) in [4.78, 5) is 12.2. The van der Waals surface area contributed by atoms with Gasteiger partial charge in [0.25, 0.3) is 5.69 Å². The van der Waals surface area contributed by atoms with Gasteiger partial charge in [0.1, 0.15) is 0 Å². The SMILES string of the molecule is CCCCNC(=S)N1CCN(S(=O)(=O)c2ccc([N+](=O)[O-])cc2)CC1. The Labute approximate surface area is 153 Å². The summed E-state index contributed by atoms with van der Waals surface area (Å²) >= 11 is 5.33. The molecule has 0 radical (unpaired) electrons. The minimum absolute atomic E-state index is 0.0650. The number of thiocarbonyl (C=S) groups is 1. The molecule has 0 atom stereocenters. The van der Waals surface area contributed by atoms with E-state index in [0.29, 0.717) is 31.3 Å². The average Bonchev–Trinajstić information content (AvgIpc) is 2.62. The van der Waals surface area contributed by atoms with E-state index in [0.717, 1.165) is 19.4 Å². The van der Waals surface area contributed by atoms with Gasteiger partial charge < -0.3 is 10.2 Å². The van der Waals surface area contributed by atoms with E-state index in [1.807, 2.05) is 4.90 Å². The first-order valence-corrected chi connectivity index (χ1v) is 9.98. The van der Waals surface area contributed by atoms with E-state index in [-0.39, 0.29) is 10.6 Å². The molecule has 0 saturated carbocycles. The predicted molar refractivity (Wildman–Crippen MR) is 98.9 cm³/mol. The third-order valence-corrected chi connectivity index (χ3v) is 6.33. The van der Waals surface area contributed by atoms with Crippen molar-refractivity contribution >= 4 is 33.0 Å². The normalized spacial score (nSPS) is 15.8. The van der Waals surface area contributed by atoms with Crippen LogP contribution in [0.5, 0.6) is 0 Å². The Morgan fingerprint density at radius 1 is 1.24 bits per heavy atom. The number of non-ortho nitro benzene ring substituents is 1. The molecule has 1 heterocycles. The highest BCUT2D eigenvalue weighted by atomic mass is 32.2. The monoisotopic (exact) mass is 386 g/mol. The lowest BCUT2D eigenvalue weighted by molar-refractivity contribution is -0.384. The summed E-state index contributed by atoms with van der Waals surface area (Å²) in [7, 11) is -3.65. The van der Waals surface area contributed by atoms with Gasteiger partial charge in [0.2, 0.25) is 10.0 Å². The van der Waals surface area contributed by atoms with Crippen molar-refractivity contribution in [3.8, 4) is 0 Å². The summed E-state index contributed by atoms with van der Waals surface area (Å²) in [6, 6.07) is 4.96. The van der Waals surface area contributed by atoms with Crippen molar-refractivity contribution in [1.82, 2.24) is 14.5 Å². The Balaban J connectivity index is 1.96. The van der Waals surface area contributed by atoms with Gasteiger partial charge in [-0.2, -0.15) is 4.31 Å². The highest BCUT2D eigenvalue weighted by Crippen LogP contribution is 2.20. The van der Waals surface area contributed by atoms with Crippen molar-refractivity contribution in [1.29, 1.82) is 0 Å². The topological polar surface area (TPSA) is 95.8 Å². The van der Waals surface area contributed by atoms with E-state index < -0.39 is 14.9 Å². The van der Waals surface area contributed by atoms with E-state index in [1.54, 1.807) is 0 Å². The molecule has 0 aliphatic carbocycles. The number of hydrogen-bond acceptors (Lipinski definition) is 5. The quantitative estimate of drug-likeness (QED) is 0.343. The lowest BCUT2D eigenvalue weighted by atomic mass is 10.3. The second-order valence-electron chi connectivity index (χ2n) is 5.73. The van der Waals surface area contributed by atoms with Gasteiger partial charge in [-0.1, -0.05) is 13.3 Å². The van der Waals surface area contributed by atoms with Crippen molar-refractivity contribution < 1.29 is 13.3 Å². The molecule has 1 N–H and O–H groups in total. The van der Waals surface area contributed by atoms with Crippen LogP contribution in [0.3, 0.4) is 0 Å². The first-order chi connectivity index (χ1) is 11.9. The fourth-order valence-corrected chi connectivity index (χ4v) is 4.21. The molecule has 8 nitrogen and oxygen atoms in total. The van der Waals surface area contributed by atoms with Crippen LogP contribution < -0.4 is 5.32 Å². The highest BCUT2D eigenvalue weighted by molar-refractivity contribution is 7.89. The second-order valence-corrected chi connectivity index (χ2v) is 8.05. The van der Waals surface area contributed by atoms with Crippen LogP contribution in [0, 0.1) is 10.1 Å². The Hall–Kier alpha value is -1.78. The lowest BCUT2D eigenvalue weighted by Gasteiger charge is -2.35. The molecule has 1 fully saturated rings. The molecule has 1 aromatic rings. The van der Waals surface area contributed by atoms with Crippen LogP contribution in [0.2, 0.25) is 0 Å². The molecular formula is C15H22N4O4S2. The largest absolute Gasteiger partial charge is 0.363 e. The average molecular weight is 386 g/mol. The van der Waals surface area contributed by atoms with Crippen molar-refractivity contribution in [2.45, 2.75) is 24.7 Å². The number of nitrogens with zero attached hydrogens (tertiary/aromatic N) is 3. The van der Waals surface area contributed by atoms with Crippen molar-refractivity contribution in [3.63, 3.8) is 0 Å². The van der Waals surface area contributed by atoms with Gasteiger partial charge >= 0.3 is 0 Å². The Bertz CT molecular complexity index is 714. The van der Waals surface area contributed by atoms with Gasteiger partial charge in [-0.15, -0.1) is 0 Å². The van der Waals surface area contributed by atoms with Crippen molar-refractivity contribution in [3.05, 3.63) is 34.4 Å². The maximum absolute atomic E-state index is 12.6. The summed E-state index contributed by atoms with van der Waals surface area (Å²) in [6.45, 7) is 4.61. The number of nitro benzene ring substituents is 1. The molecule has 1 aliphatic heterocycles. The molecule has 0 bridgehead atoms. The lowest BCUT2D eigenvalue weighted by Crippen LogP contribution is -2.53. The number of nitrogens with one attached hydrogen (secondary N) is 1. The molecular weight excluding hydrogens is 364 g/mol. The minimum Gasteiger partial charge on any atom is -0.363 e. The van der Waals surface area contributed by atoms with Gasteiger partial charge in [0.05, 0.1) is 9.82 Å². The number of nitro groups is 1. The van der Waals surface area contributed by atoms with E-state index in [2.05, 4.69) is 12.2 Å². The second kappa shape index (κ2) is 8.54. The van der Waals surface area contributed by atoms with Crippen LogP contribution >= 0.6 is 12.2 Å². The van der Waals surface area contributed by atoms with E-state index in [9.17, 15) is 18.5 Å². The minimum atomic E-state index is -3.65. The van der Waals surface area contributed by atoms with E-state index >= 15 is 0 Å². The summed E-state index contributed by atoms with van der Waals surface area (Å²) in [5.74, 6) is 0. The standard InChI is InChI=1S/C15H22N4O4S2/c1-2-3-8-16-15(24)17-9-11-18(12-10-17)25(22,23)14-6-4-13(5-7-14)19(20)21/h4-7H,2-3,8-12H2,1H3,(H,16,24). The van der Waals surface area contributed by atoms with Gasteiger partial charge in [-0.3, -0.25) is 10.1 Å². The third-order valence-electron chi connectivity index (χ3n) is 4.02. The number of piperazine rings is 1. The van der Waals surface area contributed by atoms with Crippen LogP contribution in [0.4, 0.5) is 5.69 Å². The molecule has 0 unspecified atom stereocenters. The van der Waals surface area contributed by atoms with Gasteiger partial charge in [0, 0.05) is 44.9 Å². The third kappa shape index (κ3) is 4.86. The fraction of sp³-hybridized carbons (Fsp3) is 0.533. The highest BCUT2D eigenvalue weighted by Gasteiger charge is 2.29. The summed E-state index contributed by atoms with van der Waals surface area (Å²) in [6.07, 6.45) is 2.12. The molecule has 1 aliphatic rings. The van der Waals surface area contributed by atoms with Crippen LogP contribution in [0.25, 0.3) is 0 Å². The summed E-state index contributed by atoms with van der Waals surface area (Å²) in [5, 5.41) is 14.5. The number of rotatable bonds is 6. The summed E-state index contributed by atoms with van der Waals surface area (Å²) in [5.41, 5.74) is -0.132. The molecule has 2 rings (SSSR count). The number of unbranched alkanes of at least 4 members (excludes halogenated alkanes) is 1. The molecule has 25 heavy (non-hydrogen) atoms. The Kier molecular flexibility index (Phi) is 6.68. The zero-order chi connectivity index (χ0) is 18.4. The van der Waals surface area contributed by atoms with E-state index in [4.69, 9.17) is 12.2 Å². The smallest absolute Gasteiger partial charge is 0.269 e. The molecule has 0 aromatic heterocycles.